The average molecular weight is 252 g/mol. The molecule has 1 saturated heterocycles. The summed E-state index contributed by atoms with van der Waals surface area (Å²) >= 11 is 1.93. The molecule has 1 aromatic rings. The highest BCUT2D eigenvalue weighted by Gasteiger charge is 2.26. The van der Waals surface area contributed by atoms with E-state index in [2.05, 4.69) is 37.8 Å². The molecule has 0 aromatic carbocycles. The zero-order valence-corrected chi connectivity index (χ0v) is 12.0. The Morgan fingerprint density at radius 1 is 1.41 bits per heavy atom. The van der Waals surface area contributed by atoms with Crippen LogP contribution in [-0.2, 0) is 0 Å². The van der Waals surface area contributed by atoms with Gasteiger partial charge in [0.2, 0.25) is 0 Å². The van der Waals surface area contributed by atoms with Gasteiger partial charge in [0.25, 0.3) is 0 Å². The van der Waals surface area contributed by atoms with E-state index in [4.69, 9.17) is 5.73 Å². The molecule has 2 rings (SSSR count). The van der Waals surface area contributed by atoms with Crippen LogP contribution in [0.5, 0.6) is 0 Å². The molecule has 3 heteroatoms. The van der Waals surface area contributed by atoms with Crippen LogP contribution in [0.15, 0.2) is 12.1 Å². The molecule has 2 nitrogen and oxygen atoms in total. The van der Waals surface area contributed by atoms with Crippen LogP contribution in [0, 0.1) is 12.8 Å². The molecule has 17 heavy (non-hydrogen) atoms. The van der Waals surface area contributed by atoms with Crippen molar-refractivity contribution in [3.05, 3.63) is 21.9 Å². The molecule has 2 N–H and O–H groups in total. The van der Waals surface area contributed by atoms with E-state index in [-0.39, 0.29) is 0 Å². The van der Waals surface area contributed by atoms with Crippen molar-refractivity contribution in [2.75, 3.05) is 13.1 Å². The highest BCUT2D eigenvalue weighted by Crippen LogP contribution is 2.31. The zero-order valence-electron chi connectivity index (χ0n) is 11.1. The minimum Gasteiger partial charge on any atom is -0.328 e. The number of nitrogens with two attached hydrogens (primary N) is 1. The predicted octanol–water partition coefficient (Wildman–Crippen LogP) is 3.18. The molecule has 0 bridgehead atoms. The smallest absolute Gasteiger partial charge is 0.0413 e. The fourth-order valence-electron chi connectivity index (χ4n) is 2.68. The van der Waals surface area contributed by atoms with Gasteiger partial charge in [-0.05, 0) is 58.2 Å². The highest BCUT2D eigenvalue weighted by molar-refractivity contribution is 7.12. The Morgan fingerprint density at radius 3 is 2.76 bits per heavy atom. The Balaban J connectivity index is 2.02. The van der Waals surface area contributed by atoms with Gasteiger partial charge in [-0.15, -0.1) is 11.3 Å². The predicted molar refractivity (Wildman–Crippen MR) is 75.4 cm³/mol. The number of hydrogen-bond donors (Lipinski definition) is 1. The van der Waals surface area contributed by atoms with E-state index >= 15 is 0 Å². The molecular formula is C14H24N2S. The van der Waals surface area contributed by atoms with E-state index in [1.807, 2.05) is 11.3 Å². The number of thiophene rings is 1. The zero-order chi connectivity index (χ0) is 12.4. The molecule has 3 atom stereocenters. The number of likely N-dealkylation sites (tertiary alicyclic amines) is 1. The lowest BCUT2D eigenvalue weighted by Gasteiger charge is -2.38. The van der Waals surface area contributed by atoms with Crippen molar-refractivity contribution in [3.63, 3.8) is 0 Å². The van der Waals surface area contributed by atoms with Crippen LogP contribution in [0.2, 0.25) is 0 Å². The van der Waals surface area contributed by atoms with Crippen LogP contribution < -0.4 is 5.73 Å². The molecule has 0 amide bonds. The minimum atomic E-state index is 0.329. The molecule has 3 unspecified atom stereocenters. The molecule has 1 fully saturated rings. The van der Waals surface area contributed by atoms with E-state index in [9.17, 15) is 0 Å². The van der Waals surface area contributed by atoms with Gasteiger partial charge in [-0.1, -0.05) is 0 Å². The largest absolute Gasteiger partial charge is 0.328 e. The van der Waals surface area contributed by atoms with Crippen LogP contribution in [-0.4, -0.2) is 24.0 Å². The lowest BCUT2D eigenvalue weighted by atomic mass is 9.91. The lowest BCUT2D eigenvalue weighted by molar-refractivity contribution is 0.123. The normalized spacial score (nSPS) is 25.8. The Morgan fingerprint density at radius 2 is 2.18 bits per heavy atom. The third kappa shape index (κ3) is 3.09. The molecular weight excluding hydrogens is 228 g/mol. The van der Waals surface area contributed by atoms with Gasteiger partial charge in [-0.3, -0.25) is 4.90 Å². The summed E-state index contributed by atoms with van der Waals surface area (Å²) in [6.45, 7) is 9.04. The molecule has 0 saturated carbocycles. The van der Waals surface area contributed by atoms with E-state index in [1.165, 1.54) is 29.1 Å². The van der Waals surface area contributed by atoms with Gasteiger partial charge in [0.15, 0.2) is 0 Å². The van der Waals surface area contributed by atoms with E-state index in [1.54, 1.807) is 0 Å². The molecule has 1 aliphatic heterocycles. The third-order valence-electron chi connectivity index (χ3n) is 3.95. The maximum atomic E-state index is 6.05. The van der Waals surface area contributed by atoms with Crippen LogP contribution in [0.1, 0.15) is 42.5 Å². The summed E-state index contributed by atoms with van der Waals surface area (Å²) in [5, 5.41) is 0. The summed E-state index contributed by atoms with van der Waals surface area (Å²) < 4.78 is 0. The number of nitrogens with zero attached hydrogens (tertiary/aromatic N) is 1. The summed E-state index contributed by atoms with van der Waals surface area (Å²) in [5.74, 6) is 0.673. The first kappa shape index (κ1) is 13.1. The van der Waals surface area contributed by atoms with Crippen LogP contribution in [0.25, 0.3) is 0 Å². The van der Waals surface area contributed by atoms with Crippen molar-refractivity contribution in [1.82, 2.24) is 4.90 Å². The fraction of sp³-hybridized carbons (Fsp3) is 0.714. The first-order valence-electron chi connectivity index (χ1n) is 6.64. The first-order valence-corrected chi connectivity index (χ1v) is 7.45. The molecule has 0 radical (unpaired) electrons. The third-order valence-corrected chi connectivity index (χ3v) is 5.12. The highest BCUT2D eigenvalue weighted by atomic mass is 32.1. The molecule has 1 aromatic heterocycles. The van der Waals surface area contributed by atoms with Crippen molar-refractivity contribution < 1.29 is 0 Å². The van der Waals surface area contributed by atoms with Gasteiger partial charge < -0.3 is 5.73 Å². The van der Waals surface area contributed by atoms with Gasteiger partial charge in [-0.25, -0.2) is 0 Å². The number of rotatable bonds is 3. The Bertz CT molecular complexity index is 359. The second kappa shape index (κ2) is 5.51. The maximum Gasteiger partial charge on any atom is 0.0413 e. The SMILES string of the molecule is Cc1ccc(C(C)N2CCCC(C(C)N)C2)s1. The van der Waals surface area contributed by atoms with Crippen LogP contribution in [0.4, 0.5) is 0 Å². The van der Waals surface area contributed by atoms with Crippen LogP contribution in [0.3, 0.4) is 0 Å². The van der Waals surface area contributed by atoms with E-state index < -0.39 is 0 Å². The number of hydrogen-bond acceptors (Lipinski definition) is 3. The quantitative estimate of drug-likeness (QED) is 0.895. The van der Waals surface area contributed by atoms with Crippen molar-refractivity contribution in [3.8, 4) is 0 Å². The monoisotopic (exact) mass is 252 g/mol. The molecule has 2 heterocycles. The Labute approximate surface area is 109 Å². The van der Waals surface area contributed by atoms with Crippen molar-refractivity contribution in [2.45, 2.75) is 45.7 Å². The van der Waals surface area contributed by atoms with Crippen molar-refractivity contribution in [2.24, 2.45) is 11.7 Å². The van der Waals surface area contributed by atoms with Gasteiger partial charge in [-0.2, -0.15) is 0 Å². The number of piperidine rings is 1. The van der Waals surface area contributed by atoms with Gasteiger partial charge in [0.1, 0.15) is 0 Å². The molecule has 1 aliphatic rings. The average Bonchev–Trinajstić information content (AvgIpc) is 2.75. The molecule has 96 valence electrons. The van der Waals surface area contributed by atoms with Gasteiger partial charge in [0.05, 0.1) is 0 Å². The van der Waals surface area contributed by atoms with E-state index in [0.29, 0.717) is 18.0 Å². The second-order valence-corrected chi connectivity index (χ2v) is 6.70. The summed E-state index contributed by atoms with van der Waals surface area (Å²) in [6.07, 6.45) is 2.59. The van der Waals surface area contributed by atoms with E-state index in [0.717, 1.165) is 6.54 Å². The molecule has 0 spiro atoms. The first-order chi connectivity index (χ1) is 8.08. The summed E-state index contributed by atoms with van der Waals surface area (Å²) in [4.78, 5) is 5.50. The van der Waals surface area contributed by atoms with Gasteiger partial charge >= 0.3 is 0 Å². The van der Waals surface area contributed by atoms with Gasteiger partial charge in [0, 0.05) is 28.4 Å². The second-order valence-electron chi connectivity index (χ2n) is 5.38. The van der Waals surface area contributed by atoms with Crippen LogP contribution >= 0.6 is 11.3 Å². The Hall–Kier alpha value is -0.380. The minimum absolute atomic E-state index is 0.329. The Kier molecular flexibility index (Phi) is 4.23. The lowest BCUT2D eigenvalue weighted by Crippen LogP contribution is -2.43. The van der Waals surface area contributed by atoms with Crippen molar-refractivity contribution >= 4 is 11.3 Å². The standard InChI is InChI=1S/C14H24N2S/c1-10-6-7-14(17-10)12(3)16-8-4-5-13(9-16)11(2)15/h6-7,11-13H,4-5,8-9,15H2,1-3H3. The summed E-state index contributed by atoms with van der Waals surface area (Å²) in [6, 6.07) is 5.38. The summed E-state index contributed by atoms with van der Waals surface area (Å²) in [7, 11) is 0. The van der Waals surface area contributed by atoms with Crippen molar-refractivity contribution in [1.29, 1.82) is 0 Å². The topological polar surface area (TPSA) is 29.3 Å². The summed E-state index contributed by atoms with van der Waals surface area (Å²) in [5.41, 5.74) is 6.05. The fourth-order valence-corrected chi connectivity index (χ4v) is 3.64. The maximum absolute atomic E-state index is 6.05. The number of aryl methyl sites for hydroxylation is 1. The molecule has 0 aliphatic carbocycles.